The molecule has 0 amide bonds. The SMILES string of the molecule is CCCC(CC)CCCCCCCCC(CC)CC. The summed E-state index contributed by atoms with van der Waals surface area (Å²) in [7, 11) is 0. The Morgan fingerprint density at radius 2 is 0.895 bits per heavy atom. The van der Waals surface area contributed by atoms with Crippen LogP contribution in [0.2, 0.25) is 0 Å². The second-order valence-corrected chi connectivity index (χ2v) is 6.44. The molecule has 0 heterocycles. The molecule has 0 aliphatic heterocycles. The Hall–Kier alpha value is 0. The highest BCUT2D eigenvalue weighted by atomic mass is 14.1. The lowest BCUT2D eigenvalue weighted by molar-refractivity contribution is 0.402. The van der Waals surface area contributed by atoms with Crippen LogP contribution in [0.4, 0.5) is 0 Å². The van der Waals surface area contributed by atoms with Gasteiger partial charge in [-0.3, -0.25) is 0 Å². The van der Waals surface area contributed by atoms with Crippen molar-refractivity contribution in [2.75, 3.05) is 0 Å². The summed E-state index contributed by atoms with van der Waals surface area (Å²) < 4.78 is 0. The lowest BCUT2D eigenvalue weighted by atomic mass is 9.93. The van der Waals surface area contributed by atoms with Gasteiger partial charge in [0.25, 0.3) is 0 Å². The van der Waals surface area contributed by atoms with E-state index in [1.165, 1.54) is 83.5 Å². The van der Waals surface area contributed by atoms with Crippen molar-refractivity contribution in [2.45, 2.75) is 111 Å². The average molecular weight is 269 g/mol. The smallest absolute Gasteiger partial charge is 0.0417 e. The topological polar surface area (TPSA) is 0 Å². The number of hydrogen-bond donors (Lipinski definition) is 0. The quantitative estimate of drug-likeness (QED) is 0.288. The minimum atomic E-state index is 0.999. The van der Waals surface area contributed by atoms with Gasteiger partial charge < -0.3 is 0 Å². The lowest BCUT2D eigenvalue weighted by Crippen LogP contribution is -1.98. The number of rotatable bonds is 14. The van der Waals surface area contributed by atoms with Crippen LogP contribution in [0.15, 0.2) is 0 Å². The Balaban J connectivity index is 3.26. The maximum Gasteiger partial charge on any atom is -0.0417 e. The first-order valence-electron chi connectivity index (χ1n) is 9.28. The van der Waals surface area contributed by atoms with E-state index in [9.17, 15) is 0 Å². The fraction of sp³-hybridized carbons (Fsp3) is 1.00. The Morgan fingerprint density at radius 1 is 0.474 bits per heavy atom. The summed E-state index contributed by atoms with van der Waals surface area (Å²) in [6, 6.07) is 0. The molecule has 0 aliphatic rings. The predicted octanol–water partition coefficient (Wildman–Crippen LogP) is 7.37. The molecular formula is C19H40. The maximum atomic E-state index is 2.36. The van der Waals surface area contributed by atoms with Crippen LogP contribution in [0.5, 0.6) is 0 Å². The van der Waals surface area contributed by atoms with Crippen LogP contribution in [-0.2, 0) is 0 Å². The average Bonchev–Trinajstić information content (AvgIpc) is 2.44. The molecule has 0 bridgehead atoms. The number of unbranched alkanes of at least 4 members (excludes halogenated alkanes) is 5. The molecule has 1 atom stereocenters. The maximum absolute atomic E-state index is 2.36. The van der Waals surface area contributed by atoms with Crippen molar-refractivity contribution < 1.29 is 0 Å². The molecule has 0 aromatic carbocycles. The van der Waals surface area contributed by atoms with Gasteiger partial charge in [0.1, 0.15) is 0 Å². The minimum Gasteiger partial charge on any atom is -0.0654 e. The van der Waals surface area contributed by atoms with Gasteiger partial charge in [-0.15, -0.1) is 0 Å². The normalized spacial score (nSPS) is 13.1. The molecule has 0 aliphatic carbocycles. The van der Waals surface area contributed by atoms with Crippen LogP contribution >= 0.6 is 0 Å². The van der Waals surface area contributed by atoms with Gasteiger partial charge >= 0.3 is 0 Å². The van der Waals surface area contributed by atoms with Crippen LogP contribution in [0.25, 0.3) is 0 Å². The monoisotopic (exact) mass is 268 g/mol. The molecule has 0 saturated carbocycles. The standard InChI is InChI=1S/C19H40/c1-5-15-19(8-4)17-14-12-10-9-11-13-16-18(6-2)7-3/h18-19H,5-17H2,1-4H3. The highest BCUT2D eigenvalue weighted by molar-refractivity contribution is 4.58. The zero-order chi connectivity index (χ0) is 14.3. The fourth-order valence-electron chi connectivity index (χ4n) is 3.23. The highest BCUT2D eigenvalue weighted by Crippen LogP contribution is 2.20. The van der Waals surface area contributed by atoms with Crippen LogP contribution in [-0.4, -0.2) is 0 Å². The van der Waals surface area contributed by atoms with E-state index in [1.54, 1.807) is 0 Å². The first-order chi connectivity index (χ1) is 9.28. The van der Waals surface area contributed by atoms with E-state index in [0.29, 0.717) is 0 Å². The van der Waals surface area contributed by atoms with Crippen LogP contribution in [0, 0.1) is 11.8 Å². The van der Waals surface area contributed by atoms with Crippen molar-refractivity contribution in [1.29, 1.82) is 0 Å². The fourth-order valence-corrected chi connectivity index (χ4v) is 3.23. The third-order valence-electron chi connectivity index (χ3n) is 4.90. The van der Waals surface area contributed by atoms with Crippen LogP contribution in [0.1, 0.15) is 111 Å². The van der Waals surface area contributed by atoms with Crippen molar-refractivity contribution in [1.82, 2.24) is 0 Å². The van der Waals surface area contributed by atoms with Crippen molar-refractivity contribution in [3.63, 3.8) is 0 Å². The Morgan fingerprint density at radius 3 is 1.32 bits per heavy atom. The zero-order valence-electron chi connectivity index (χ0n) is 14.3. The predicted molar refractivity (Wildman–Crippen MR) is 89.7 cm³/mol. The summed E-state index contributed by atoms with van der Waals surface area (Å²) >= 11 is 0. The van der Waals surface area contributed by atoms with Crippen LogP contribution in [0.3, 0.4) is 0 Å². The molecule has 0 rings (SSSR count). The van der Waals surface area contributed by atoms with Crippen molar-refractivity contribution in [3.8, 4) is 0 Å². The third-order valence-corrected chi connectivity index (χ3v) is 4.90. The van der Waals surface area contributed by atoms with Gasteiger partial charge in [0.15, 0.2) is 0 Å². The van der Waals surface area contributed by atoms with Crippen molar-refractivity contribution in [2.24, 2.45) is 11.8 Å². The Bertz CT molecular complexity index is 157. The molecule has 0 saturated heterocycles. The van der Waals surface area contributed by atoms with E-state index in [4.69, 9.17) is 0 Å². The van der Waals surface area contributed by atoms with E-state index in [-0.39, 0.29) is 0 Å². The molecule has 0 N–H and O–H groups in total. The second kappa shape index (κ2) is 14.4. The first kappa shape index (κ1) is 19.0. The highest BCUT2D eigenvalue weighted by Gasteiger charge is 2.04. The van der Waals surface area contributed by atoms with Crippen molar-refractivity contribution >= 4 is 0 Å². The zero-order valence-corrected chi connectivity index (χ0v) is 14.3. The first-order valence-corrected chi connectivity index (χ1v) is 9.28. The molecule has 0 aromatic rings. The second-order valence-electron chi connectivity index (χ2n) is 6.44. The van der Waals surface area contributed by atoms with Crippen molar-refractivity contribution in [3.05, 3.63) is 0 Å². The van der Waals surface area contributed by atoms with E-state index in [0.717, 1.165) is 11.8 Å². The molecule has 0 heteroatoms. The summed E-state index contributed by atoms with van der Waals surface area (Å²) in [6.07, 6.45) is 18.8. The van der Waals surface area contributed by atoms with Crippen LogP contribution < -0.4 is 0 Å². The minimum absolute atomic E-state index is 0.999. The van der Waals surface area contributed by atoms with Gasteiger partial charge in [-0.05, 0) is 11.8 Å². The molecule has 0 fully saturated rings. The summed E-state index contributed by atoms with van der Waals surface area (Å²) in [5.41, 5.74) is 0. The Labute approximate surface area is 123 Å². The molecule has 0 spiro atoms. The van der Waals surface area contributed by atoms with Gasteiger partial charge in [0.05, 0.1) is 0 Å². The van der Waals surface area contributed by atoms with Gasteiger partial charge in [-0.25, -0.2) is 0 Å². The van der Waals surface area contributed by atoms with Gasteiger partial charge in [0, 0.05) is 0 Å². The molecular weight excluding hydrogens is 228 g/mol. The lowest BCUT2D eigenvalue weighted by Gasteiger charge is -2.13. The molecule has 0 nitrogen and oxygen atoms in total. The Kier molecular flexibility index (Phi) is 14.4. The van der Waals surface area contributed by atoms with E-state index < -0.39 is 0 Å². The number of hydrogen-bond acceptors (Lipinski definition) is 0. The van der Waals surface area contributed by atoms with E-state index >= 15 is 0 Å². The van der Waals surface area contributed by atoms with Gasteiger partial charge in [-0.1, -0.05) is 111 Å². The molecule has 1 unspecified atom stereocenters. The molecule has 19 heavy (non-hydrogen) atoms. The summed E-state index contributed by atoms with van der Waals surface area (Å²) in [6.45, 7) is 9.37. The van der Waals surface area contributed by atoms with Gasteiger partial charge in [-0.2, -0.15) is 0 Å². The summed E-state index contributed by atoms with van der Waals surface area (Å²) in [5.74, 6) is 2.01. The van der Waals surface area contributed by atoms with E-state index in [1.807, 2.05) is 0 Å². The van der Waals surface area contributed by atoms with Gasteiger partial charge in [0.2, 0.25) is 0 Å². The third kappa shape index (κ3) is 11.5. The van der Waals surface area contributed by atoms with E-state index in [2.05, 4.69) is 27.7 Å². The summed E-state index contributed by atoms with van der Waals surface area (Å²) in [5, 5.41) is 0. The molecule has 116 valence electrons. The summed E-state index contributed by atoms with van der Waals surface area (Å²) in [4.78, 5) is 0. The molecule has 0 radical (unpaired) electrons. The molecule has 0 aromatic heterocycles. The largest absolute Gasteiger partial charge is 0.0654 e.